The monoisotopic (exact) mass is 242 g/mol. The maximum atomic E-state index is 5.60. The van der Waals surface area contributed by atoms with Crippen LogP contribution in [0, 0.1) is 0 Å². The number of ether oxygens (including phenoxy) is 1. The number of benzene rings is 1. The van der Waals surface area contributed by atoms with E-state index in [9.17, 15) is 0 Å². The van der Waals surface area contributed by atoms with Crippen molar-refractivity contribution in [2.45, 2.75) is 33.3 Å². The first-order valence-corrected chi connectivity index (χ1v) is 5.38. The van der Waals surface area contributed by atoms with Crippen LogP contribution >= 0.6 is 15.9 Å². The van der Waals surface area contributed by atoms with Crippen LogP contribution in [-0.4, -0.2) is 6.10 Å². The van der Waals surface area contributed by atoms with E-state index in [2.05, 4.69) is 35.0 Å². The van der Waals surface area contributed by atoms with Gasteiger partial charge in [0.1, 0.15) is 5.75 Å². The summed E-state index contributed by atoms with van der Waals surface area (Å²) in [7, 11) is 0. The predicted molar refractivity (Wildman–Crippen MR) is 59.3 cm³/mol. The van der Waals surface area contributed by atoms with Crippen molar-refractivity contribution in [2.24, 2.45) is 0 Å². The molecule has 0 radical (unpaired) electrons. The van der Waals surface area contributed by atoms with Gasteiger partial charge in [0.2, 0.25) is 0 Å². The van der Waals surface area contributed by atoms with Crippen molar-refractivity contribution in [3.05, 3.63) is 28.2 Å². The number of hydrogen-bond acceptors (Lipinski definition) is 1. The Bertz CT molecular complexity index is 281. The van der Waals surface area contributed by atoms with Gasteiger partial charge in [0, 0.05) is 0 Å². The molecule has 1 aromatic rings. The first-order valence-electron chi connectivity index (χ1n) is 4.58. The molecular formula is C11H15BrO. The van der Waals surface area contributed by atoms with Crippen LogP contribution in [0.2, 0.25) is 0 Å². The molecule has 0 saturated heterocycles. The average Bonchev–Trinajstić information content (AvgIpc) is 2.08. The lowest BCUT2D eigenvalue weighted by atomic mass is 10.2. The topological polar surface area (TPSA) is 9.23 Å². The van der Waals surface area contributed by atoms with E-state index >= 15 is 0 Å². The molecule has 0 spiro atoms. The molecule has 0 amide bonds. The second-order valence-corrected chi connectivity index (χ2v) is 4.14. The van der Waals surface area contributed by atoms with Crippen LogP contribution in [0.3, 0.4) is 0 Å². The van der Waals surface area contributed by atoms with Crippen LogP contribution in [0.4, 0.5) is 0 Å². The highest BCUT2D eigenvalue weighted by molar-refractivity contribution is 9.10. The molecule has 1 aromatic carbocycles. The highest BCUT2D eigenvalue weighted by Crippen LogP contribution is 2.26. The first kappa shape index (κ1) is 10.6. The van der Waals surface area contributed by atoms with E-state index in [-0.39, 0.29) is 6.10 Å². The van der Waals surface area contributed by atoms with Crippen molar-refractivity contribution >= 4 is 15.9 Å². The summed E-state index contributed by atoms with van der Waals surface area (Å²) in [5, 5.41) is 0. The molecule has 0 fully saturated rings. The fraction of sp³-hybridized carbons (Fsp3) is 0.455. The molecule has 0 N–H and O–H groups in total. The van der Waals surface area contributed by atoms with Gasteiger partial charge in [0.05, 0.1) is 10.6 Å². The Morgan fingerprint density at radius 3 is 2.54 bits per heavy atom. The Labute approximate surface area is 88.2 Å². The van der Waals surface area contributed by atoms with Crippen molar-refractivity contribution in [1.82, 2.24) is 0 Å². The second kappa shape index (κ2) is 4.66. The number of rotatable bonds is 3. The highest BCUT2D eigenvalue weighted by Gasteiger charge is 2.03. The van der Waals surface area contributed by atoms with Gasteiger partial charge < -0.3 is 4.74 Å². The normalized spacial score (nSPS) is 10.5. The fourth-order valence-corrected chi connectivity index (χ4v) is 1.63. The molecular weight excluding hydrogens is 228 g/mol. The molecule has 0 atom stereocenters. The van der Waals surface area contributed by atoms with E-state index in [1.165, 1.54) is 5.56 Å². The summed E-state index contributed by atoms with van der Waals surface area (Å²) < 4.78 is 6.64. The zero-order chi connectivity index (χ0) is 9.84. The van der Waals surface area contributed by atoms with Crippen molar-refractivity contribution in [3.8, 4) is 5.75 Å². The molecule has 0 saturated carbocycles. The smallest absolute Gasteiger partial charge is 0.133 e. The van der Waals surface area contributed by atoms with Crippen LogP contribution in [0.1, 0.15) is 26.3 Å². The third-order valence-corrected chi connectivity index (χ3v) is 2.39. The first-order chi connectivity index (χ1) is 6.13. The minimum atomic E-state index is 0.226. The van der Waals surface area contributed by atoms with Gasteiger partial charge in [-0.25, -0.2) is 0 Å². The Balaban J connectivity index is 2.85. The molecule has 0 aromatic heterocycles. The van der Waals surface area contributed by atoms with Crippen molar-refractivity contribution in [2.75, 3.05) is 0 Å². The molecule has 1 nitrogen and oxygen atoms in total. The lowest BCUT2D eigenvalue weighted by Crippen LogP contribution is -2.05. The summed E-state index contributed by atoms with van der Waals surface area (Å²) in [4.78, 5) is 0. The maximum Gasteiger partial charge on any atom is 0.133 e. The molecule has 2 heteroatoms. The van der Waals surface area contributed by atoms with Gasteiger partial charge in [-0.15, -0.1) is 0 Å². The molecule has 0 aliphatic heterocycles. The van der Waals surface area contributed by atoms with Gasteiger partial charge in [0.25, 0.3) is 0 Å². The summed E-state index contributed by atoms with van der Waals surface area (Å²) in [6.45, 7) is 6.20. The summed E-state index contributed by atoms with van der Waals surface area (Å²) in [6.07, 6.45) is 1.28. The zero-order valence-electron chi connectivity index (χ0n) is 8.30. The minimum Gasteiger partial charge on any atom is -0.490 e. The van der Waals surface area contributed by atoms with E-state index in [1.807, 2.05) is 19.9 Å². The quantitative estimate of drug-likeness (QED) is 0.784. The van der Waals surface area contributed by atoms with E-state index in [0.29, 0.717) is 0 Å². The van der Waals surface area contributed by atoms with E-state index in [0.717, 1.165) is 16.6 Å². The third kappa shape index (κ3) is 3.03. The van der Waals surface area contributed by atoms with E-state index in [1.54, 1.807) is 0 Å². The van der Waals surface area contributed by atoms with E-state index in [4.69, 9.17) is 4.74 Å². The summed E-state index contributed by atoms with van der Waals surface area (Å²) in [5.74, 6) is 0.923. The van der Waals surface area contributed by atoms with Crippen molar-refractivity contribution in [1.29, 1.82) is 0 Å². The lowest BCUT2D eigenvalue weighted by molar-refractivity contribution is 0.241. The van der Waals surface area contributed by atoms with Crippen molar-refractivity contribution in [3.63, 3.8) is 0 Å². The SMILES string of the molecule is CCc1ccc(OC(C)C)c(Br)c1. The Morgan fingerprint density at radius 2 is 2.08 bits per heavy atom. The molecule has 13 heavy (non-hydrogen) atoms. The lowest BCUT2D eigenvalue weighted by Gasteiger charge is -2.11. The molecule has 0 bridgehead atoms. The van der Waals surface area contributed by atoms with Crippen LogP contribution < -0.4 is 4.74 Å². The van der Waals surface area contributed by atoms with Gasteiger partial charge in [-0.2, -0.15) is 0 Å². The number of halogens is 1. The molecule has 0 aliphatic rings. The zero-order valence-corrected chi connectivity index (χ0v) is 9.89. The second-order valence-electron chi connectivity index (χ2n) is 3.28. The van der Waals surface area contributed by atoms with Crippen LogP contribution in [0.15, 0.2) is 22.7 Å². The van der Waals surface area contributed by atoms with Gasteiger partial charge in [-0.05, 0) is 53.9 Å². The summed E-state index contributed by atoms with van der Waals surface area (Å²) in [5.41, 5.74) is 1.32. The number of hydrogen-bond donors (Lipinski definition) is 0. The molecule has 0 aliphatic carbocycles. The standard InChI is InChI=1S/C11H15BrO/c1-4-9-5-6-11(10(12)7-9)13-8(2)3/h5-8H,4H2,1-3H3. The molecule has 1 rings (SSSR count). The third-order valence-electron chi connectivity index (χ3n) is 1.77. The Morgan fingerprint density at radius 1 is 1.38 bits per heavy atom. The minimum absolute atomic E-state index is 0.226. The molecule has 72 valence electrons. The average molecular weight is 243 g/mol. The van der Waals surface area contributed by atoms with Gasteiger partial charge in [0.15, 0.2) is 0 Å². The van der Waals surface area contributed by atoms with Gasteiger partial charge in [-0.3, -0.25) is 0 Å². The van der Waals surface area contributed by atoms with Gasteiger partial charge >= 0.3 is 0 Å². The van der Waals surface area contributed by atoms with E-state index < -0.39 is 0 Å². The largest absolute Gasteiger partial charge is 0.490 e. The van der Waals surface area contributed by atoms with Crippen LogP contribution in [0.5, 0.6) is 5.75 Å². The highest BCUT2D eigenvalue weighted by atomic mass is 79.9. The Hall–Kier alpha value is -0.500. The maximum absolute atomic E-state index is 5.60. The predicted octanol–water partition coefficient (Wildman–Crippen LogP) is 3.80. The summed E-state index contributed by atoms with van der Waals surface area (Å²) in [6, 6.07) is 6.23. The Kier molecular flexibility index (Phi) is 3.79. The van der Waals surface area contributed by atoms with Crippen molar-refractivity contribution < 1.29 is 4.74 Å². The summed E-state index contributed by atoms with van der Waals surface area (Å²) >= 11 is 3.49. The fourth-order valence-electron chi connectivity index (χ4n) is 1.11. The molecule has 0 unspecified atom stereocenters. The van der Waals surface area contributed by atoms with Crippen LogP contribution in [0.25, 0.3) is 0 Å². The molecule has 0 heterocycles. The van der Waals surface area contributed by atoms with Crippen LogP contribution in [-0.2, 0) is 6.42 Å². The van der Waals surface area contributed by atoms with Gasteiger partial charge in [-0.1, -0.05) is 13.0 Å². The number of aryl methyl sites for hydroxylation is 1.